The zero-order valence-corrected chi connectivity index (χ0v) is 15.1. The van der Waals surface area contributed by atoms with Crippen molar-refractivity contribution in [3.05, 3.63) is 35.5 Å². The summed E-state index contributed by atoms with van der Waals surface area (Å²) in [5.41, 5.74) is 1.15. The molecule has 0 amide bonds. The average Bonchev–Trinajstić information content (AvgIpc) is 3.04. The van der Waals surface area contributed by atoms with E-state index in [-0.39, 0.29) is 0 Å². The smallest absolute Gasteiger partial charge is 0.223 e. The number of aromatic nitrogens is 2. The van der Waals surface area contributed by atoms with E-state index in [1.165, 1.54) is 0 Å². The largest absolute Gasteiger partial charge is 0.493 e. The van der Waals surface area contributed by atoms with Gasteiger partial charge in [0.25, 0.3) is 0 Å². The van der Waals surface area contributed by atoms with Gasteiger partial charge in [-0.2, -0.15) is 4.98 Å². The molecule has 25 heavy (non-hydrogen) atoms. The molecule has 0 aliphatic rings. The molecule has 0 aliphatic heterocycles. The van der Waals surface area contributed by atoms with Gasteiger partial charge < -0.3 is 24.6 Å². The number of hydrogen-bond acceptors (Lipinski definition) is 6. The van der Waals surface area contributed by atoms with Gasteiger partial charge in [-0.25, -0.2) is 4.99 Å². The van der Waals surface area contributed by atoms with Crippen LogP contribution in [0, 0.1) is 6.92 Å². The summed E-state index contributed by atoms with van der Waals surface area (Å²) in [5.74, 6) is 3.27. The number of ether oxygens (including phenoxy) is 2. The van der Waals surface area contributed by atoms with E-state index >= 15 is 0 Å². The minimum absolute atomic E-state index is 0.364. The van der Waals surface area contributed by atoms with E-state index in [0.717, 1.165) is 36.6 Å². The Kier molecular flexibility index (Phi) is 7.06. The summed E-state index contributed by atoms with van der Waals surface area (Å²) in [6.07, 6.45) is 0.825. The van der Waals surface area contributed by atoms with Crippen LogP contribution in [0.25, 0.3) is 0 Å². The van der Waals surface area contributed by atoms with Crippen LogP contribution < -0.4 is 20.1 Å². The lowest BCUT2D eigenvalue weighted by Gasteiger charge is -2.12. The topological polar surface area (TPSA) is 93.8 Å². The molecule has 1 heterocycles. The van der Waals surface area contributed by atoms with E-state index in [9.17, 15) is 0 Å². The number of aryl methyl sites for hydroxylation is 1. The van der Waals surface area contributed by atoms with Crippen LogP contribution in [0.1, 0.15) is 24.2 Å². The number of guanidine groups is 1. The highest BCUT2D eigenvalue weighted by atomic mass is 16.5. The number of benzene rings is 1. The van der Waals surface area contributed by atoms with E-state index < -0.39 is 0 Å². The fourth-order valence-corrected chi connectivity index (χ4v) is 2.26. The van der Waals surface area contributed by atoms with E-state index in [0.29, 0.717) is 24.2 Å². The number of aliphatic imine (C=N–C) groups is 1. The number of nitrogens with one attached hydrogen (secondary N) is 2. The monoisotopic (exact) mass is 347 g/mol. The van der Waals surface area contributed by atoms with E-state index in [1.807, 2.05) is 25.1 Å². The molecule has 0 unspecified atom stereocenters. The van der Waals surface area contributed by atoms with Crippen LogP contribution in [0.2, 0.25) is 0 Å². The van der Waals surface area contributed by atoms with Gasteiger partial charge in [0.15, 0.2) is 23.3 Å². The van der Waals surface area contributed by atoms with E-state index in [1.54, 1.807) is 21.1 Å². The van der Waals surface area contributed by atoms with Crippen LogP contribution >= 0.6 is 0 Å². The Morgan fingerprint density at radius 2 is 2.00 bits per heavy atom. The van der Waals surface area contributed by atoms with Crippen molar-refractivity contribution in [1.29, 1.82) is 0 Å². The molecule has 2 aromatic rings. The molecule has 0 fully saturated rings. The number of rotatable bonds is 8. The van der Waals surface area contributed by atoms with Crippen LogP contribution in [0.5, 0.6) is 11.5 Å². The van der Waals surface area contributed by atoms with Crippen molar-refractivity contribution in [3.8, 4) is 11.5 Å². The number of methoxy groups -OCH3 is 2. The van der Waals surface area contributed by atoms with Gasteiger partial charge in [0.1, 0.15) is 6.54 Å². The third-order valence-electron chi connectivity index (χ3n) is 3.45. The lowest BCUT2D eigenvalue weighted by Crippen LogP contribution is -2.38. The summed E-state index contributed by atoms with van der Waals surface area (Å²) in [4.78, 5) is 8.59. The summed E-state index contributed by atoms with van der Waals surface area (Å²) >= 11 is 0. The number of nitrogens with zero attached hydrogens (tertiary/aromatic N) is 3. The Hall–Kier alpha value is -2.77. The first-order valence-electron chi connectivity index (χ1n) is 8.18. The van der Waals surface area contributed by atoms with Gasteiger partial charge in [-0.15, -0.1) is 0 Å². The molecular weight excluding hydrogens is 322 g/mol. The quantitative estimate of drug-likeness (QED) is 0.554. The molecule has 0 saturated carbocycles. The molecule has 0 spiro atoms. The van der Waals surface area contributed by atoms with Gasteiger partial charge in [-0.1, -0.05) is 11.2 Å². The zero-order valence-electron chi connectivity index (χ0n) is 15.1. The summed E-state index contributed by atoms with van der Waals surface area (Å²) in [6.45, 7) is 5.64. The van der Waals surface area contributed by atoms with Gasteiger partial charge in [0.05, 0.1) is 14.2 Å². The molecule has 1 aromatic carbocycles. The first-order valence-corrected chi connectivity index (χ1v) is 8.18. The fraction of sp³-hybridized carbons (Fsp3) is 0.471. The average molecular weight is 347 g/mol. The molecule has 136 valence electrons. The molecule has 8 heteroatoms. The predicted molar refractivity (Wildman–Crippen MR) is 95.1 cm³/mol. The highest BCUT2D eigenvalue weighted by molar-refractivity contribution is 5.79. The molecule has 0 bridgehead atoms. The highest BCUT2D eigenvalue weighted by Crippen LogP contribution is 2.27. The van der Waals surface area contributed by atoms with Crippen LogP contribution in [-0.2, 0) is 13.0 Å². The normalized spacial score (nSPS) is 11.3. The molecule has 0 saturated heterocycles. The van der Waals surface area contributed by atoms with Gasteiger partial charge in [-0.05, 0) is 31.0 Å². The van der Waals surface area contributed by atoms with Crippen LogP contribution in [-0.4, -0.2) is 43.4 Å². The van der Waals surface area contributed by atoms with Crippen molar-refractivity contribution in [2.24, 2.45) is 4.99 Å². The van der Waals surface area contributed by atoms with Crippen LogP contribution in [0.15, 0.2) is 27.7 Å². The minimum atomic E-state index is 0.364. The van der Waals surface area contributed by atoms with Crippen LogP contribution in [0.3, 0.4) is 0 Å². The van der Waals surface area contributed by atoms with Gasteiger partial charge in [-0.3, -0.25) is 0 Å². The van der Waals surface area contributed by atoms with Crippen molar-refractivity contribution in [1.82, 2.24) is 20.8 Å². The Balaban J connectivity index is 1.90. The van der Waals surface area contributed by atoms with Crippen molar-refractivity contribution in [2.75, 3.05) is 27.3 Å². The third kappa shape index (κ3) is 5.66. The molecule has 0 radical (unpaired) electrons. The lowest BCUT2D eigenvalue weighted by atomic mass is 10.1. The van der Waals surface area contributed by atoms with Gasteiger partial charge in [0, 0.05) is 20.0 Å². The van der Waals surface area contributed by atoms with E-state index in [2.05, 4.69) is 25.8 Å². The third-order valence-corrected chi connectivity index (χ3v) is 3.45. The lowest BCUT2D eigenvalue weighted by molar-refractivity contribution is 0.354. The zero-order chi connectivity index (χ0) is 18.1. The minimum Gasteiger partial charge on any atom is -0.493 e. The molecular formula is C17H25N5O3. The molecule has 0 aliphatic carbocycles. The first kappa shape index (κ1) is 18.6. The van der Waals surface area contributed by atoms with Crippen LogP contribution in [0.4, 0.5) is 0 Å². The maximum Gasteiger partial charge on any atom is 0.223 e. The summed E-state index contributed by atoms with van der Waals surface area (Å²) in [7, 11) is 3.26. The summed E-state index contributed by atoms with van der Waals surface area (Å²) < 4.78 is 15.5. The Bertz CT molecular complexity index is 699. The second-order valence-corrected chi connectivity index (χ2v) is 5.29. The summed E-state index contributed by atoms with van der Waals surface area (Å²) in [5, 5.41) is 10.3. The standard InChI is InChI=1S/C17H25N5O3/c1-5-18-17(20-11-16-21-12(2)25-22-16)19-9-8-13-6-7-14(23-3)15(10-13)24-4/h6-7,10H,5,8-9,11H2,1-4H3,(H2,18,19,20). The fourth-order valence-electron chi connectivity index (χ4n) is 2.26. The maximum atomic E-state index is 5.33. The van der Waals surface area contributed by atoms with E-state index in [4.69, 9.17) is 14.0 Å². The summed E-state index contributed by atoms with van der Waals surface area (Å²) in [6, 6.07) is 5.91. The van der Waals surface area contributed by atoms with Crippen molar-refractivity contribution < 1.29 is 14.0 Å². The van der Waals surface area contributed by atoms with Gasteiger partial charge in [0.2, 0.25) is 5.89 Å². The molecule has 2 N–H and O–H groups in total. The Morgan fingerprint density at radius 1 is 1.20 bits per heavy atom. The Labute approximate surface area is 147 Å². The maximum absolute atomic E-state index is 5.33. The SMILES string of the molecule is CCNC(=NCc1noc(C)n1)NCCc1ccc(OC)c(OC)c1. The number of hydrogen-bond donors (Lipinski definition) is 2. The van der Waals surface area contributed by atoms with Crippen molar-refractivity contribution in [2.45, 2.75) is 26.8 Å². The molecule has 1 aromatic heterocycles. The van der Waals surface area contributed by atoms with Crippen molar-refractivity contribution >= 4 is 5.96 Å². The van der Waals surface area contributed by atoms with Gasteiger partial charge >= 0.3 is 0 Å². The predicted octanol–water partition coefficient (Wildman–Crippen LogP) is 1.69. The molecule has 0 atom stereocenters. The van der Waals surface area contributed by atoms with Crippen molar-refractivity contribution in [3.63, 3.8) is 0 Å². The molecule has 2 rings (SSSR count). The highest BCUT2D eigenvalue weighted by Gasteiger charge is 2.06. The second-order valence-electron chi connectivity index (χ2n) is 5.29. The first-order chi connectivity index (χ1) is 12.2. The molecule has 8 nitrogen and oxygen atoms in total. The Morgan fingerprint density at radius 3 is 2.64 bits per heavy atom. The second kappa shape index (κ2) is 9.51.